The van der Waals surface area contributed by atoms with Gasteiger partial charge in [0.1, 0.15) is 29.0 Å². The van der Waals surface area contributed by atoms with Crippen LogP contribution in [-0.2, 0) is 6.42 Å². The molecule has 4 rings (SSSR count). The van der Waals surface area contributed by atoms with E-state index in [0.717, 1.165) is 36.4 Å². The van der Waals surface area contributed by atoms with E-state index < -0.39 is 46.6 Å². The number of halogens is 5. The third-order valence-corrected chi connectivity index (χ3v) is 5.37. The first-order valence-corrected chi connectivity index (χ1v) is 10.8. The fraction of sp³-hybridized carbons (Fsp3) is 0.0714. The molecule has 0 radical (unpaired) electrons. The Bertz CT molecular complexity index is 1400. The summed E-state index contributed by atoms with van der Waals surface area (Å²) in [5.74, 6) is -7.24. The summed E-state index contributed by atoms with van der Waals surface area (Å²) in [6.45, 7) is 1.54. The second-order valence-corrected chi connectivity index (χ2v) is 8.07. The van der Waals surface area contributed by atoms with Crippen molar-refractivity contribution in [1.82, 2.24) is 0 Å². The molecule has 0 amide bonds. The van der Waals surface area contributed by atoms with Crippen molar-refractivity contribution in [1.29, 1.82) is 0 Å². The molecule has 0 saturated heterocycles. The van der Waals surface area contributed by atoms with Gasteiger partial charge in [-0.15, -0.1) is 0 Å². The van der Waals surface area contributed by atoms with Crippen molar-refractivity contribution >= 4 is 11.9 Å². The van der Waals surface area contributed by atoms with Gasteiger partial charge in [0, 0.05) is 12.1 Å². The van der Waals surface area contributed by atoms with Crippen molar-refractivity contribution in [2.45, 2.75) is 13.3 Å². The fourth-order valence-corrected chi connectivity index (χ4v) is 3.41. The summed E-state index contributed by atoms with van der Waals surface area (Å²) >= 11 is 0. The van der Waals surface area contributed by atoms with Crippen LogP contribution in [0.3, 0.4) is 0 Å². The molecule has 0 fully saturated rings. The molecule has 0 heterocycles. The Morgan fingerprint density at radius 1 is 0.568 bits per heavy atom. The molecule has 0 aliphatic carbocycles. The minimum atomic E-state index is -1.23. The molecule has 4 aromatic rings. The highest BCUT2D eigenvalue weighted by molar-refractivity contribution is 5.92. The molecule has 0 unspecified atom stereocenters. The SMILES string of the molecule is Cc1ccc(OC(=O)c2ccc(Cc3ccc(C(=O)Oc4ccc(F)c(F)c4)c(F)c3)cc2F)cc1F. The van der Waals surface area contributed by atoms with Crippen LogP contribution in [-0.4, -0.2) is 11.9 Å². The Hall–Kier alpha value is -4.53. The van der Waals surface area contributed by atoms with Gasteiger partial charge in [0.15, 0.2) is 11.6 Å². The van der Waals surface area contributed by atoms with Crippen LogP contribution in [0.1, 0.15) is 37.4 Å². The van der Waals surface area contributed by atoms with Crippen molar-refractivity contribution in [3.8, 4) is 11.5 Å². The van der Waals surface area contributed by atoms with E-state index in [2.05, 4.69) is 0 Å². The predicted octanol–water partition coefficient (Wildman–Crippen LogP) is 6.72. The Morgan fingerprint density at radius 3 is 1.51 bits per heavy atom. The maximum absolute atomic E-state index is 14.6. The van der Waals surface area contributed by atoms with Crippen LogP contribution in [0.15, 0.2) is 72.8 Å². The molecule has 0 N–H and O–H groups in total. The van der Waals surface area contributed by atoms with E-state index in [1.165, 1.54) is 30.3 Å². The van der Waals surface area contributed by atoms with Gasteiger partial charge in [0.05, 0.1) is 11.1 Å². The molecule has 0 aromatic heterocycles. The second-order valence-electron chi connectivity index (χ2n) is 8.07. The van der Waals surface area contributed by atoms with E-state index in [1.807, 2.05) is 0 Å². The van der Waals surface area contributed by atoms with E-state index in [1.54, 1.807) is 6.92 Å². The molecule has 0 spiro atoms. The van der Waals surface area contributed by atoms with Crippen LogP contribution < -0.4 is 9.47 Å². The van der Waals surface area contributed by atoms with Gasteiger partial charge in [0.25, 0.3) is 0 Å². The van der Waals surface area contributed by atoms with Crippen LogP contribution in [0, 0.1) is 36.0 Å². The lowest BCUT2D eigenvalue weighted by Gasteiger charge is -2.09. The van der Waals surface area contributed by atoms with Crippen molar-refractivity contribution in [3.63, 3.8) is 0 Å². The molecular formula is C28H17F5O4. The zero-order valence-corrected chi connectivity index (χ0v) is 19.2. The summed E-state index contributed by atoms with van der Waals surface area (Å²) in [6, 6.07) is 13.6. The van der Waals surface area contributed by atoms with Gasteiger partial charge in [-0.3, -0.25) is 0 Å². The number of aryl methyl sites for hydroxylation is 1. The standard InChI is InChI=1S/C28H17F5O4/c1-15-2-5-18(13-23(15)30)36-27(34)20-7-3-16(11-24(20)31)10-17-4-8-21(25(32)12-17)28(35)37-19-6-9-22(29)26(33)14-19/h2-9,11-14H,10H2,1H3. The molecule has 0 atom stereocenters. The lowest BCUT2D eigenvalue weighted by molar-refractivity contribution is 0.0719. The van der Waals surface area contributed by atoms with Gasteiger partial charge in [-0.05, 0) is 72.5 Å². The monoisotopic (exact) mass is 512 g/mol. The van der Waals surface area contributed by atoms with Gasteiger partial charge < -0.3 is 9.47 Å². The van der Waals surface area contributed by atoms with Crippen molar-refractivity contribution in [2.24, 2.45) is 0 Å². The highest BCUT2D eigenvalue weighted by Crippen LogP contribution is 2.22. The van der Waals surface area contributed by atoms with Crippen LogP contribution in [0.4, 0.5) is 22.0 Å². The molecule has 0 aliphatic rings. The third kappa shape index (κ3) is 6.00. The highest BCUT2D eigenvalue weighted by Gasteiger charge is 2.18. The molecule has 0 bridgehead atoms. The number of esters is 2. The summed E-state index contributed by atoms with van der Waals surface area (Å²) in [4.78, 5) is 24.5. The molecule has 0 saturated carbocycles. The molecular weight excluding hydrogens is 495 g/mol. The number of hydrogen-bond acceptors (Lipinski definition) is 4. The van der Waals surface area contributed by atoms with Crippen LogP contribution >= 0.6 is 0 Å². The summed E-state index contributed by atoms with van der Waals surface area (Å²) in [7, 11) is 0. The average molecular weight is 512 g/mol. The van der Waals surface area contributed by atoms with E-state index in [4.69, 9.17) is 9.47 Å². The molecule has 188 valence electrons. The lowest BCUT2D eigenvalue weighted by Crippen LogP contribution is -2.12. The number of carbonyl (C=O) groups is 2. The van der Waals surface area contributed by atoms with E-state index in [-0.39, 0.29) is 23.5 Å². The Labute approximate surface area is 207 Å². The van der Waals surface area contributed by atoms with Gasteiger partial charge in [0.2, 0.25) is 0 Å². The Morgan fingerprint density at radius 2 is 1.05 bits per heavy atom. The quantitative estimate of drug-likeness (QED) is 0.164. The zero-order chi connectivity index (χ0) is 26.7. The lowest BCUT2D eigenvalue weighted by atomic mass is 10.0. The number of ether oxygens (including phenoxy) is 2. The zero-order valence-electron chi connectivity index (χ0n) is 19.2. The number of benzene rings is 4. The molecule has 4 aromatic carbocycles. The minimum absolute atomic E-state index is 0.0604. The average Bonchev–Trinajstić information content (AvgIpc) is 2.84. The number of rotatable bonds is 6. The summed E-state index contributed by atoms with van der Waals surface area (Å²) < 4.78 is 79.0. The smallest absolute Gasteiger partial charge is 0.346 e. The third-order valence-electron chi connectivity index (χ3n) is 5.37. The summed E-state index contributed by atoms with van der Waals surface area (Å²) in [5.41, 5.74) is 0.329. The summed E-state index contributed by atoms with van der Waals surface area (Å²) in [6.07, 6.45) is 0.0604. The minimum Gasteiger partial charge on any atom is -0.423 e. The molecule has 9 heteroatoms. The van der Waals surface area contributed by atoms with Crippen LogP contribution in [0.5, 0.6) is 11.5 Å². The maximum atomic E-state index is 14.6. The topological polar surface area (TPSA) is 52.6 Å². The second kappa shape index (κ2) is 10.6. The maximum Gasteiger partial charge on any atom is 0.346 e. The molecule has 0 aliphatic heterocycles. The number of hydrogen-bond donors (Lipinski definition) is 0. The van der Waals surface area contributed by atoms with Gasteiger partial charge in [-0.1, -0.05) is 18.2 Å². The highest BCUT2D eigenvalue weighted by atomic mass is 19.2. The predicted molar refractivity (Wildman–Crippen MR) is 123 cm³/mol. The van der Waals surface area contributed by atoms with E-state index in [0.29, 0.717) is 22.8 Å². The van der Waals surface area contributed by atoms with Gasteiger partial charge in [-0.2, -0.15) is 0 Å². The summed E-state index contributed by atoms with van der Waals surface area (Å²) in [5, 5.41) is 0. The molecule has 4 nitrogen and oxygen atoms in total. The fourth-order valence-electron chi connectivity index (χ4n) is 3.41. The Balaban J connectivity index is 1.44. The normalized spacial score (nSPS) is 10.8. The first-order valence-electron chi connectivity index (χ1n) is 10.8. The largest absolute Gasteiger partial charge is 0.423 e. The van der Waals surface area contributed by atoms with E-state index >= 15 is 0 Å². The van der Waals surface area contributed by atoms with E-state index in [9.17, 15) is 31.5 Å². The van der Waals surface area contributed by atoms with Crippen molar-refractivity contribution in [2.75, 3.05) is 0 Å². The first kappa shape index (κ1) is 25.6. The van der Waals surface area contributed by atoms with Gasteiger partial charge in [-0.25, -0.2) is 31.5 Å². The van der Waals surface area contributed by atoms with Crippen molar-refractivity contribution < 1.29 is 41.0 Å². The molecule has 37 heavy (non-hydrogen) atoms. The van der Waals surface area contributed by atoms with Gasteiger partial charge >= 0.3 is 11.9 Å². The van der Waals surface area contributed by atoms with Crippen LogP contribution in [0.25, 0.3) is 0 Å². The van der Waals surface area contributed by atoms with Crippen LogP contribution in [0.2, 0.25) is 0 Å². The van der Waals surface area contributed by atoms with Crippen molar-refractivity contribution in [3.05, 3.63) is 130 Å². The first-order chi connectivity index (χ1) is 17.6. The Kier molecular flexibility index (Phi) is 7.33. The number of carbonyl (C=O) groups excluding carboxylic acids is 2.